The van der Waals surface area contributed by atoms with E-state index in [1.54, 1.807) is 14.0 Å². The summed E-state index contributed by atoms with van der Waals surface area (Å²) >= 11 is 0. The Morgan fingerprint density at radius 1 is 1.27 bits per heavy atom. The first-order valence-corrected chi connectivity index (χ1v) is 8.06. The molecule has 5 nitrogen and oxygen atoms in total. The average molecular weight is 307 g/mol. The molecule has 4 aliphatic rings. The Hall–Kier alpha value is -1.36. The number of rotatable bonds is 4. The average Bonchev–Trinajstić information content (AvgIpc) is 2.33. The number of esters is 1. The van der Waals surface area contributed by atoms with Crippen LogP contribution < -0.4 is 0 Å². The van der Waals surface area contributed by atoms with E-state index in [1.807, 2.05) is 0 Å². The molecular formula is C17H25NO4. The van der Waals surface area contributed by atoms with Gasteiger partial charge in [0.2, 0.25) is 5.91 Å². The van der Waals surface area contributed by atoms with Crippen LogP contribution in [0.1, 0.15) is 45.4 Å². The summed E-state index contributed by atoms with van der Waals surface area (Å²) in [7, 11) is 1.57. The summed E-state index contributed by atoms with van der Waals surface area (Å²) in [5.41, 5.74) is -0.758. The van der Waals surface area contributed by atoms with Crippen LogP contribution >= 0.6 is 0 Å². The van der Waals surface area contributed by atoms with E-state index in [1.165, 1.54) is 4.90 Å². The van der Waals surface area contributed by atoms with Gasteiger partial charge < -0.3 is 14.7 Å². The summed E-state index contributed by atoms with van der Waals surface area (Å²) in [5, 5.41) is 10.7. The van der Waals surface area contributed by atoms with Crippen LogP contribution in [-0.4, -0.2) is 46.7 Å². The van der Waals surface area contributed by atoms with E-state index in [9.17, 15) is 14.7 Å². The summed E-state index contributed by atoms with van der Waals surface area (Å²) < 4.78 is 5.79. The van der Waals surface area contributed by atoms with Crippen LogP contribution in [-0.2, 0) is 14.3 Å². The molecule has 122 valence electrons. The van der Waals surface area contributed by atoms with E-state index in [2.05, 4.69) is 6.58 Å². The highest BCUT2D eigenvalue weighted by Gasteiger charge is 2.59. The van der Waals surface area contributed by atoms with E-state index in [-0.39, 0.29) is 18.4 Å². The van der Waals surface area contributed by atoms with E-state index in [0.29, 0.717) is 23.8 Å². The predicted octanol–water partition coefficient (Wildman–Crippen LogP) is 1.65. The lowest BCUT2D eigenvalue weighted by Gasteiger charge is -2.59. The first-order valence-electron chi connectivity index (χ1n) is 8.06. The molecule has 2 atom stereocenters. The molecule has 0 heterocycles. The Kier molecular flexibility index (Phi) is 3.59. The molecule has 1 N–H and O–H groups in total. The van der Waals surface area contributed by atoms with E-state index in [4.69, 9.17) is 4.74 Å². The first kappa shape index (κ1) is 15.5. The van der Waals surface area contributed by atoms with Crippen molar-refractivity contribution in [2.45, 2.75) is 56.7 Å². The van der Waals surface area contributed by atoms with Crippen LogP contribution in [0.3, 0.4) is 0 Å². The fraction of sp³-hybridized carbons (Fsp3) is 0.765. The Bertz CT molecular complexity index is 513. The van der Waals surface area contributed by atoms with Crippen LogP contribution in [0.15, 0.2) is 12.2 Å². The van der Waals surface area contributed by atoms with E-state index >= 15 is 0 Å². The maximum absolute atomic E-state index is 12.2. The van der Waals surface area contributed by atoms with E-state index in [0.717, 1.165) is 32.1 Å². The van der Waals surface area contributed by atoms with Gasteiger partial charge in [0, 0.05) is 19.0 Å². The van der Waals surface area contributed by atoms with Gasteiger partial charge in [-0.1, -0.05) is 6.58 Å². The van der Waals surface area contributed by atoms with Gasteiger partial charge in [0.1, 0.15) is 12.1 Å². The van der Waals surface area contributed by atoms with Gasteiger partial charge in [0.15, 0.2) is 0 Å². The standard InChI is InChI=1S/C17H25NO4/c1-11(2)15(20)18(3)9-14(19)22-17-7-12-4-13(8-17)6-16(21,5-12)10-17/h12-13,21H,1,4-10H2,2-3H3. The Labute approximate surface area is 131 Å². The third-order valence-electron chi connectivity index (χ3n) is 5.38. The lowest BCUT2D eigenvalue weighted by Crippen LogP contribution is -2.60. The highest BCUT2D eigenvalue weighted by Crippen LogP contribution is 2.58. The number of carbonyl (C=O) groups is 2. The molecule has 1 amide bonds. The lowest BCUT2D eigenvalue weighted by molar-refractivity contribution is -0.220. The first-order chi connectivity index (χ1) is 10.2. The fourth-order valence-electron chi connectivity index (χ4n) is 5.12. The number of hydrogen-bond acceptors (Lipinski definition) is 4. The topological polar surface area (TPSA) is 66.8 Å². The monoisotopic (exact) mass is 307 g/mol. The molecule has 0 saturated heterocycles. The van der Waals surface area contributed by atoms with E-state index < -0.39 is 11.2 Å². The van der Waals surface area contributed by atoms with Gasteiger partial charge in [0.25, 0.3) is 0 Å². The molecule has 4 saturated carbocycles. The van der Waals surface area contributed by atoms with Gasteiger partial charge in [-0.3, -0.25) is 9.59 Å². The maximum Gasteiger partial charge on any atom is 0.326 e. The predicted molar refractivity (Wildman–Crippen MR) is 80.9 cm³/mol. The number of aliphatic hydroxyl groups is 1. The van der Waals surface area contributed by atoms with Crippen LogP contribution in [0.25, 0.3) is 0 Å². The minimum absolute atomic E-state index is 0.0682. The van der Waals surface area contributed by atoms with Crippen molar-refractivity contribution >= 4 is 11.9 Å². The number of nitrogens with zero attached hydrogens (tertiary/aromatic N) is 1. The number of carbonyl (C=O) groups excluding carboxylic acids is 2. The molecule has 4 bridgehead atoms. The summed E-state index contributed by atoms with van der Waals surface area (Å²) in [6.07, 6.45) is 5.10. The third kappa shape index (κ3) is 2.78. The summed E-state index contributed by atoms with van der Waals surface area (Å²) in [5.74, 6) is 0.298. The Morgan fingerprint density at radius 2 is 1.86 bits per heavy atom. The van der Waals surface area contributed by atoms with Crippen molar-refractivity contribution in [3.8, 4) is 0 Å². The van der Waals surface area contributed by atoms with Crippen molar-refractivity contribution < 1.29 is 19.4 Å². The van der Waals surface area contributed by atoms with Crippen molar-refractivity contribution in [3.63, 3.8) is 0 Å². The second kappa shape index (κ2) is 5.08. The van der Waals surface area contributed by atoms with Gasteiger partial charge in [-0.2, -0.15) is 0 Å². The van der Waals surface area contributed by atoms with Gasteiger partial charge in [-0.15, -0.1) is 0 Å². The lowest BCUT2D eigenvalue weighted by atomic mass is 9.52. The smallest absolute Gasteiger partial charge is 0.326 e. The normalized spacial score (nSPS) is 38.7. The highest BCUT2D eigenvalue weighted by molar-refractivity contribution is 5.94. The molecule has 0 aromatic carbocycles. The number of ether oxygens (including phenoxy) is 1. The molecule has 4 fully saturated rings. The van der Waals surface area contributed by atoms with Crippen molar-refractivity contribution in [1.29, 1.82) is 0 Å². The van der Waals surface area contributed by atoms with Crippen LogP contribution in [0.5, 0.6) is 0 Å². The Morgan fingerprint density at radius 3 is 2.36 bits per heavy atom. The Balaban J connectivity index is 1.64. The van der Waals surface area contributed by atoms with Crippen molar-refractivity contribution in [2.75, 3.05) is 13.6 Å². The molecular weight excluding hydrogens is 282 g/mol. The third-order valence-corrected chi connectivity index (χ3v) is 5.38. The van der Waals surface area contributed by atoms with Crippen molar-refractivity contribution in [2.24, 2.45) is 11.8 Å². The minimum Gasteiger partial charge on any atom is -0.458 e. The second-order valence-electron chi connectivity index (χ2n) is 7.78. The molecule has 0 aromatic heterocycles. The molecule has 5 heteroatoms. The molecule has 2 unspecified atom stereocenters. The molecule has 0 aliphatic heterocycles. The zero-order valence-corrected chi connectivity index (χ0v) is 13.4. The van der Waals surface area contributed by atoms with Crippen LogP contribution in [0, 0.1) is 11.8 Å². The molecule has 0 aromatic rings. The number of amides is 1. The van der Waals surface area contributed by atoms with Crippen molar-refractivity contribution in [1.82, 2.24) is 4.90 Å². The van der Waals surface area contributed by atoms with Gasteiger partial charge >= 0.3 is 5.97 Å². The number of hydrogen-bond donors (Lipinski definition) is 1. The largest absolute Gasteiger partial charge is 0.458 e. The van der Waals surface area contributed by atoms with Gasteiger partial charge in [-0.05, 0) is 50.9 Å². The highest BCUT2D eigenvalue weighted by atomic mass is 16.6. The summed E-state index contributed by atoms with van der Waals surface area (Å²) in [6.45, 7) is 5.15. The quantitative estimate of drug-likeness (QED) is 0.633. The fourth-order valence-corrected chi connectivity index (χ4v) is 5.12. The maximum atomic E-state index is 12.2. The zero-order chi connectivity index (χ0) is 16.1. The second-order valence-corrected chi connectivity index (χ2v) is 7.78. The summed E-state index contributed by atoms with van der Waals surface area (Å²) in [4.78, 5) is 25.3. The van der Waals surface area contributed by atoms with Crippen LogP contribution in [0.4, 0.5) is 0 Å². The summed E-state index contributed by atoms with van der Waals surface area (Å²) in [6, 6.07) is 0. The van der Waals surface area contributed by atoms with Gasteiger partial charge in [-0.25, -0.2) is 0 Å². The SMILES string of the molecule is C=C(C)C(=O)N(C)CC(=O)OC12CC3CC(CC(O)(C3)C1)C2. The molecule has 0 radical (unpaired) electrons. The zero-order valence-electron chi connectivity index (χ0n) is 13.4. The van der Waals surface area contributed by atoms with Crippen molar-refractivity contribution in [3.05, 3.63) is 12.2 Å². The minimum atomic E-state index is -0.649. The van der Waals surface area contributed by atoms with Crippen LogP contribution in [0.2, 0.25) is 0 Å². The molecule has 22 heavy (non-hydrogen) atoms. The van der Waals surface area contributed by atoms with Gasteiger partial charge in [0.05, 0.1) is 5.60 Å². The number of likely N-dealkylation sites (N-methyl/N-ethyl adjacent to an activating group) is 1. The molecule has 4 aliphatic carbocycles. The molecule has 0 spiro atoms. The molecule has 4 rings (SSSR count).